The van der Waals surface area contributed by atoms with Crippen LogP contribution in [0, 0.1) is 0 Å². The van der Waals surface area contributed by atoms with Crippen LogP contribution >= 0.6 is 0 Å². The van der Waals surface area contributed by atoms with E-state index in [9.17, 15) is 5.11 Å². The molecule has 0 bridgehead atoms. The average molecular weight is 288 g/mol. The van der Waals surface area contributed by atoms with Gasteiger partial charge in [-0.1, -0.05) is 30.3 Å². The first-order valence-electron chi connectivity index (χ1n) is 8.38. The summed E-state index contributed by atoms with van der Waals surface area (Å²) in [5.74, 6) is 0. The number of hydrogen-bond acceptors (Lipinski definition) is 3. The molecule has 116 valence electrons. The van der Waals surface area contributed by atoms with Crippen molar-refractivity contribution in [3.8, 4) is 0 Å². The minimum absolute atomic E-state index is 0.344. The van der Waals surface area contributed by atoms with Crippen LogP contribution in [0.3, 0.4) is 0 Å². The van der Waals surface area contributed by atoms with Crippen LogP contribution in [0.1, 0.15) is 51.2 Å². The van der Waals surface area contributed by atoms with E-state index >= 15 is 0 Å². The zero-order valence-corrected chi connectivity index (χ0v) is 13.2. The number of rotatable bonds is 6. The van der Waals surface area contributed by atoms with Gasteiger partial charge in [0, 0.05) is 30.7 Å². The molecule has 2 fully saturated rings. The summed E-state index contributed by atoms with van der Waals surface area (Å²) in [7, 11) is 0. The summed E-state index contributed by atoms with van der Waals surface area (Å²) in [6, 6.07) is 12.5. The van der Waals surface area contributed by atoms with Crippen molar-refractivity contribution in [3.63, 3.8) is 0 Å². The standard InChI is InChI=1S/C18H28N2O/c1-13(10-18(21)15-6-4-3-5-7-15)19-16-11-14(2)20(12-16)17-8-9-17/h3-7,13-14,16-19,21H,8-12H2,1-2H3. The predicted octanol–water partition coefficient (Wildman–Crippen LogP) is 2.71. The first-order chi connectivity index (χ1) is 10.1. The van der Waals surface area contributed by atoms with Crippen LogP contribution in [0.2, 0.25) is 0 Å². The van der Waals surface area contributed by atoms with E-state index in [1.54, 1.807) is 0 Å². The molecule has 1 aromatic carbocycles. The molecular weight excluding hydrogens is 260 g/mol. The van der Waals surface area contributed by atoms with Crippen LogP contribution in [0.15, 0.2) is 30.3 Å². The minimum Gasteiger partial charge on any atom is -0.388 e. The van der Waals surface area contributed by atoms with E-state index in [1.165, 1.54) is 25.8 Å². The Morgan fingerprint density at radius 1 is 1.29 bits per heavy atom. The quantitative estimate of drug-likeness (QED) is 0.845. The third-order valence-corrected chi connectivity index (χ3v) is 4.92. The monoisotopic (exact) mass is 288 g/mol. The highest BCUT2D eigenvalue weighted by atomic mass is 16.3. The van der Waals surface area contributed by atoms with E-state index in [0.717, 1.165) is 18.0 Å². The second kappa shape index (κ2) is 6.47. The van der Waals surface area contributed by atoms with E-state index in [2.05, 4.69) is 24.1 Å². The van der Waals surface area contributed by atoms with Crippen molar-refractivity contribution in [2.75, 3.05) is 6.54 Å². The topological polar surface area (TPSA) is 35.5 Å². The smallest absolute Gasteiger partial charge is 0.0804 e. The van der Waals surface area contributed by atoms with Crippen LogP contribution < -0.4 is 5.32 Å². The summed E-state index contributed by atoms with van der Waals surface area (Å²) >= 11 is 0. The van der Waals surface area contributed by atoms with Crippen LogP contribution in [-0.2, 0) is 0 Å². The number of benzene rings is 1. The fraction of sp³-hybridized carbons (Fsp3) is 0.667. The molecule has 0 amide bonds. The molecule has 0 aromatic heterocycles. The van der Waals surface area contributed by atoms with E-state index in [4.69, 9.17) is 0 Å². The Bertz CT molecular complexity index is 446. The SMILES string of the molecule is CC(CC(O)c1ccccc1)NC1CC(C)N(C2CC2)C1. The van der Waals surface area contributed by atoms with Gasteiger partial charge in [-0.15, -0.1) is 0 Å². The molecule has 3 heteroatoms. The Morgan fingerprint density at radius 2 is 2.00 bits per heavy atom. The van der Waals surface area contributed by atoms with Crippen molar-refractivity contribution in [1.82, 2.24) is 10.2 Å². The van der Waals surface area contributed by atoms with E-state index < -0.39 is 0 Å². The van der Waals surface area contributed by atoms with Gasteiger partial charge in [0.15, 0.2) is 0 Å². The Balaban J connectivity index is 1.47. The largest absolute Gasteiger partial charge is 0.388 e. The lowest BCUT2D eigenvalue weighted by Gasteiger charge is -2.23. The zero-order valence-electron chi connectivity index (χ0n) is 13.2. The van der Waals surface area contributed by atoms with Gasteiger partial charge in [0.1, 0.15) is 0 Å². The maximum absolute atomic E-state index is 10.3. The lowest BCUT2D eigenvalue weighted by Crippen LogP contribution is -2.39. The van der Waals surface area contributed by atoms with Gasteiger partial charge in [0.2, 0.25) is 0 Å². The summed E-state index contributed by atoms with van der Waals surface area (Å²) in [6.07, 6.45) is 4.42. The molecule has 4 unspecified atom stereocenters. The third-order valence-electron chi connectivity index (χ3n) is 4.92. The van der Waals surface area contributed by atoms with Crippen LogP contribution in [0.25, 0.3) is 0 Å². The van der Waals surface area contributed by atoms with Gasteiger partial charge in [0.05, 0.1) is 6.10 Å². The van der Waals surface area contributed by atoms with Crippen molar-refractivity contribution >= 4 is 0 Å². The maximum Gasteiger partial charge on any atom is 0.0804 e. The lowest BCUT2D eigenvalue weighted by molar-refractivity contribution is 0.151. The first kappa shape index (κ1) is 15.0. The van der Waals surface area contributed by atoms with Gasteiger partial charge >= 0.3 is 0 Å². The summed E-state index contributed by atoms with van der Waals surface area (Å²) in [5.41, 5.74) is 1.02. The van der Waals surface area contributed by atoms with Gasteiger partial charge in [-0.2, -0.15) is 0 Å². The molecule has 1 saturated carbocycles. The molecule has 3 nitrogen and oxygen atoms in total. The van der Waals surface area contributed by atoms with E-state index in [1.807, 2.05) is 30.3 Å². The lowest BCUT2D eigenvalue weighted by atomic mass is 10.0. The second-order valence-electron chi connectivity index (χ2n) is 6.94. The molecule has 1 heterocycles. The highest BCUT2D eigenvalue weighted by molar-refractivity contribution is 5.17. The molecule has 1 aromatic rings. The molecule has 0 radical (unpaired) electrons. The Hall–Kier alpha value is -0.900. The van der Waals surface area contributed by atoms with Gasteiger partial charge in [-0.3, -0.25) is 4.90 Å². The summed E-state index contributed by atoms with van der Waals surface area (Å²) in [6.45, 7) is 5.72. The summed E-state index contributed by atoms with van der Waals surface area (Å²) in [4.78, 5) is 2.66. The Kier molecular flexibility index (Phi) is 4.63. The highest BCUT2D eigenvalue weighted by Crippen LogP contribution is 2.33. The highest BCUT2D eigenvalue weighted by Gasteiger charge is 2.38. The normalized spacial score (nSPS) is 29.5. The van der Waals surface area contributed by atoms with Gasteiger partial charge in [-0.25, -0.2) is 0 Å². The average Bonchev–Trinajstić information content (AvgIpc) is 3.24. The van der Waals surface area contributed by atoms with Crippen molar-refractivity contribution in [3.05, 3.63) is 35.9 Å². The molecule has 3 rings (SSSR count). The zero-order chi connectivity index (χ0) is 14.8. The predicted molar refractivity (Wildman–Crippen MR) is 86.2 cm³/mol. The molecule has 21 heavy (non-hydrogen) atoms. The molecule has 1 saturated heterocycles. The van der Waals surface area contributed by atoms with Gasteiger partial charge in [-0.05, 0) is 45.1 Å². The number of aliphatic hydroxyl groups is 1. The van der Waals surface area contributed by atoms with Crippen molar-refractivity contribution in [2.45, 2.75) is 69.8 Å². The van der Waals surface area contributed by atoms with Crippen molar-refractivity contribution in [2.24, 2.45) is 0 Å². The molecular formula is C18H28N2O. The minimum atomic E-state index is -0.368. The number of nitrogens with zero attached hydrogens (tertiary/aromatic N) is 1. The molecule has 4 atom stereocenters. The maximum atomic E-state index is 10.3. The number of aliphatic hydroxyl groups excluding tert-OH is 1. The van der Waals surface area contributed by atoms with Crippen LogP contribution in [0.5, 0.6) is 0 Å². The third kappa shape index (κ3) is 3.85. The Morgan fingerprint density at radius 3 is 2.67 bits per heavy atom. The fourth-order valence-corrected chi connectivity index (χ4v) is 3.71. The molecule has 0 spiro atoms. The number of hydrogen-bond donors (Lipinski definition) is 2. The Labute approximate surface area is 128 Å². The molecule has 2 aliphatic rings. The summed E-state index contributed by atoms with van der Waals surface area (Å²) < 4.78 is 0. The van der Waals surface area contributed by atoms with E-state index in [-0.39, 0.29) is 6.10 Å². The first-order valence-corrected chi connectivity index (χ1v) is 8.38. The number of nitrogens with one attached hydrogen (secondary N) is 1. The van der Waals surface area contributed by atoms with Crippen LogP contribution in [0.4, 0.5) is 0 Å². The molecule has 1 aliphatic carbocycles. The van der Waals surface area contributed by atoms with E-state index in [0.29, 0.717) is 18.1 Å². The summed E-state index contributed by atoms with van der Waals surface area (Å²) in [5, 5.41) is 14.0. The van der Waals surface area contributed by atoms with Gasteiger partial charge in [0.25, 0.3) is 0 Å². The molecule has 2 N–H and O–H groups in total. The van der Waals surface area contributed by atoms with Crippen molar-refractivity contribution in [1.29, 1.82) is 0 Å². The van der Waals surface area contributed by atoms with Crippen molar-refractivity contribution < 1.29 is 5.11 Å². The van der Waals surface area contributed by atoms with Crippen LogP contribution in [-0.4, -0.2) is 40.7 Å². The van der Waals surface area contributed by atoms with Gasteiger partial charge < -0.3 is 10.4 Å². The second-order valence-corrected chi connectivity index (χ2v) is 6.94. The molecule has 1 aliphatic heterocycles. The number of likely N-dealkylation sites (tertiary alicyclic amines) is 1. The fourth-order valence-electron chi connectivity index (χ4n) is 3.71.